The molecule has 1 atom stereocenters. The van der Waals surface area contributed by atoms with Gasteiger partial charge in [0, 0.05) is 6.08 Å². The van der Waals surface area contributed by atoms with Crippen molar-refractivity contribution in [3.05, 3.63) is 41.7 Å². The Kier molecular flexibility index (Phi) is 6.72. The van der Waals surface area contributed by atoms with E-state index in [9.17, 15) is 14.4 Å². The molecule has 0 spiro atoms. The van der Waals surface area contributed by atoms with E-state index in [-0.39, 0.29) is 5.76 Å². The molecule has 0 fully saturated rings. The van der Waals surface area contributed by atoms with Gasteiger partial charge < -0.3 is 14.2 Å². The third-order valence-electron chi connectivity index (χ3n) is 3.80. The number of allylic oxidation sites excluding steroid dienone is 3. The van der Waals surface area contributed by atoms with E-state index in [1.54, 1.807) is 18.2 Å². The quantitative estimate of drug-likeness (QED) is 0.307. The van der Waals surface area contributed by atoms with Crippen LogP contribution in [0.15, 0.2) is 36.1 Å². The Balaban J connectivity index is 2.11. The van der Waals surface area contributed by atoms with Crippen LogP contribution >= 0.6 is 0 Å². The highest BCUT2D eigenvalue weighted by Crippen LogP contribution is 2.29. The average Bonchev–Trinajstić information content (AvgIpc) is 2.60. The summed E-state index contributed by atoms with van der Waals surface area (Å²) in [6.45, 7) is 4.16. The normalized spacial score (nSPS) is 17.0. The maximum atomic E-state index is 12.2. The predicted octanol–water partition coefficient (Wildman–Crippen LogP) is 3.10. The Morgan fingerprint density at radius 2 is 2.04 bits per heavy atom. The molecule has 1 unspecified atom stereocenters. The van der Waals surface area contributed by atoms with Crippen LogP contribution in [0.4, 0.5) is 0 Å². The van der Waals surface area contributed by atoms with Crippen LogP contribution in [0, 0.1) is 5.92 Å². The number of carbonyl (C=O) groups is 3. The van der Waals surface area contributed by atoms with Gasteiger partial charge in [0.25, 0.3) is 0 Å². The molecule has 1 heterocycles. The molecule has 26 heavy (non-hydrogen) atoms. The molecule has 0 bridgehead atoms. The van der Waals surface area contributed by atoms with Gasteiger partial charge in [-0.15, -0.1) is 0 Å². The predicted molar refractivity (Wildman–Crippen MR) is 95.8 cm³/mol. The van der Waals surface area contributed by atoms with E-state index in [0.717, 1.165) is 18.9 Å². The van der Waals surface area contributed by atoms with E-state index >= 15 is 0 Å². The summed E-state index contributed by atoms with van der Waals surface area (Å²) in [5.41, 5.74) is 0.682. The first-order chi connectivity index (χ1) is 12.5. The zero-order valence-electron chi connectivity index (χ0n) is 15.1. The molecule has 1 aromatic rings. The minimum absolute atomic E-state index is 0.191. The van der Waals surface area contributed by atoms with Crippen molar-refractivity contribution in [1.29, 1.82) is 0 Å². The number of esters is 1. The van der Waals surface area contributed by atoms with Crippen LogP contribution in [0.1, 0.15) is 32.3 Å². The minimum atomic E-state index is -1.44. The zero-order valence-corrected chi connectivity index (χ0v) is 15.1. The third kappa shape index (κ3) is 4.81. The van der Waals surface area contributed by atoms with Crippen molar-refractivity contribution in [2.75, 3.05) is 13.7 Å². The lowest BCUT2D eigenvalue weighted by Crippen LogP contribution is -2.34. The fraction of sp³-hybridized carbons (Fsp3) is 0.350. The number of benzene rings is 1. The van der Waals surface area contributed by atoms with Gasteiger partial charge in [0.05, 0.1) is 13.7 Å². The number of ketones is 2. The second kappa shape index (κ2) is 8.99. The summed E-state index contributed by atoms with van der Waals surface area (Å²) >= 11 is 0. The second-order valence-electron chi connectivity index (χ2n) is 5.86. The lowest BCUT2D eigenvalue weighted by molar-refractivity contribution is -0.151. The van der Waals surface area contributed by atoms with E-state index in [1.807, 2.05) is 0 Å². The summed E-state index contributed by atoms with van der Waals surface area (Å²) < 4.78 is 15.8. The molecule has 0 amide bonds. The molecule has 6 heteroatoms. The molecule has 0 saturated heterocycles. The SMILES string of the molecule is CCCCOc1ccc(C=CC(=O)C2C(=O)C=C(C)OC2=O)cc1OC. The van der Waals surface area contributed by atoms with Gasteiger partial charge in [-0.05, 0) is 37.1 Å². The topological polar surface area (TPSA) is 78.9 Å². The van der Waals surface area contributed by atoms with Crippen molar-refractivity contribution >= 4 is 23.6 Å². The van der Waals surface area contributed by atoms with Gasteiger partial charge in [-0.3, -0.25) is 14.4 Å². The molecule has 1 aromatic carbocycles. The van der Waals surface area contributed by atoms with Gasteiger partial charge in [0.1, 0.15) is 5.76 Å². The van der Waals surface area contributed by atoms with E-state index in [1.165, 1.54) is 26.2 Å². The highest BCUT2D eigenvalue weighted by molar-refractivity contribution is 6.25. The third-order valence-corrected chi connectivity index (χ3v) is 3.80. The van der Waals surface area contributed by atoms with E-state index in [4.69, 9.17) is 14.2 Å². The first kappa shape index (κ1) is 19.4. The molecule has 0 aliphatic carbocycles. The monoisotopic (exact) mass is 358 g/mol. The molecule has 0 saturated carbocycles. The summed E-state index contributed by atoms with van der Waals surface area (Å²) in [4.78, 5) is 35.8. The smallest absolute Gasteiger partial charge is 0.329 e. The number of rotatable bonds is 8. The van der Waals surface area contributed by atoms with Gasteiger partial charge in [0.15, 0.2) is 29.0 Å². The standard InChI is InChI=1S/C20H22O6/c1-4-5-10-25-17-9-7-14(12-18(17)24-3)6-8-15(21)19-16(22)11-13(2)26-20(19)23/h6-9,11-12,19H,4-5,10H2,1-3H3. The van der Waals surface area contributed by atoms with Crippen LogP contribution in [0.2, 0.25) is 0 Å². The first-order valence-corrected chi connectivity index (χ1v) is 8.42. The van der Waals surface area contributed by atoms with Crippen molar-refractivity contribution in [3.63, 3.8) is 0 Å². The van der Waals surface area contributed by atoms with Crippen LogP contribution < -0.4 is 9.47 Å². The summed E-state index contributed by atoms with van der Waals surface area (Å²) in [5.74, 6) is -2.11. The largest absolute Gasteiger partial charge is 0.493 e. The maximum absolute atomic E-state index is 12.2. The lowest BCUT2D eigenvalue weighted by Gasteiger charge is -2.15. The van der Waals surface area contributed by atoms with Gasteiger partial charge in [-0.25, -0.2) is 0 Å². The lowest BCUT2D eigenvalue weighted by atomic mass is 9.96. The van der Waals surface area contributed by atoms with Crippen LogP contribution in [0.5, 0.6) is 11.5 Å². The van der Waals surface area contributed by atoms with Crippen LogP contribution in [-0.2, 0) is 19.1 Å². The van der Waals surface area contributed by atoms with Crippen molar-refractivity contribution in [1.82, 2.24) is 0 Å². The van der Waals surface area contributed by atoms with E-state index in [2.05, 4.69) is 6.92 Å². The molecule has 1 aliphatic rings. The number of methoxy groups -OCH3 is 1. The molecule has 0 aromatic heterocycles. The molecule has 6 nitrogen and oxygen atoms in total. The van der Waals surface area contributed by atoms with Gasteiger partial charge in [-0.1, -0.05) is 25.5 Å². The number of carbonyl (C=O) groups excluding carboxylic acids is 3. The van der Waals surface area contributed by atoms with Crippen molar-refractivity contribution in [2.24, 2.45) is 5.92 Å². The van der Waals surface area contributed by atoms with E-state index < -0.39 is 23.5 Å². The molecule has 1 aliphatic heterocycles. The number of hydrogen-bond donors (Lipinski definition) is 0. The molecule has 0 N–H and O–H groups in total. The zero-order chi connectivity index (χ0) is 19.1. The Morgan fingerprint density at radius 3 is 2.69 bits per heavy atom. The Bertz CT molecular complexity index is 760. The first-order valence-electron chi connectivity index (χ1n) is 8.42. The number of unbranched alkanes of at least 4 members (excludes halogenated alkanes) is 1. The van der Waals surface area contributed by atoms with Crippen LogP contribution in [-0.4, -0.2) is 31.3 Å². The van der Waals surface area contributed by atoms with Gasteiger partial charge >= 0.3 is 5.97 Å². The number of hydrogen-bond acceptors (Lipinski definition) is 6. The molecule has 0 radical (unpaired) electrons. The Hall–Kier alpha value is -2.89. The minimum Gasteiger partial charge on any atom is -0.493 e. The number of ether oxygens (including phenoxy) is 3. The second-order valence-corrected chi connectivity index (χ2v) is 5.86. The van der Waals surface area contributed by atoms with Crippen LogP contribution in [0.25, 0.3) is 6.08 Å². The fourth-order valence-corrected chi connectivity index (χ4v) is 2.41. The maximum Gasteiger partial charge on any atom is 0.329 e. The van der Waals surface area contributed by atoms with Crippen molar-refractivity contribution < 1.29 is 28.6 Å². The highest BCUT2D eigenvalue weighted by Gasteiger charge is 2.36. The Labute approximate surface area is 152 Å². The summed E-state index contributed by atoms with van der Waals surface area (Å²) in [6.07, 6.45) is 5.85. The summed E-state index contributed by atoms with van der Waals surface area (Å²) in [6, 6.07) is 5.24. The molecular formula is C20H22O6. The van der Waals surface area contributed by atoms with Crippen molar-refractivity contribution in [2.45, 2.75) is 26.7 Å². The van der Waals surface area contributed by atoms with E-state index in [0.29, 0.717) is 23.7 Å². The summed E-state index contributed by atoms with van der Waals surface area (Å²) in [5, 5.41) is 0. The molecule has 2 rings (SSSR count). The molecule has 138 valence electrons. The fourth-order valence-electron chi connectivity index (χ4n) is 2.41. The van der Waals surface area contributed by atoms with Gasteiger partial charge in [0.2, 0.25) is 0 Å². The Morgan fingerprint density at radius 1 is 1.27 bits per heavy atom. The van der Waals surface area contributed by atoms with Crippen molar-refractivity contribution in [3.8, 4) is 11.5 Å². The highest BCUT2D eigenvalue weighted by atomic mass is 16.5. The average molecular weight is 358 g/mol. The van der Waals surface area contributed by atoms with Gasteiger partial charge in [-0.2, -0.15) is 0 Å². The van der Waals surface area contributed by atoms with Crippen LogP contribution in [0.3, 0.4) is 0 Å². The summed E-state index contributed by atoms with van der Waals surface area (Å²) in [7, 11) is 1.53. The molecular weight excluding hydrogens is 336 g/mol. The number of cyclic esters (lactones) is 1.